The summed E-state index contributed by atoms with van der Waals surface area (Å²) in [5.74, 6) is -0.294. The molecule has 3 rings (SSSR count). The number of hydrogen-bond acceptors (Lipinski definition) is 2. The van der Waals surface area contributed by atoms with E-state index in [1.54, 1.807) is 17.0 Å². The van der Waals surface area contributed by atoms with Crippen molar-refractivity contribution in [3.8, 4) is 11.1 Å². The Labute approximate surface area is 135 Å². The van der Waals surface area contributed by atoms with Gasteiger partial charge in [-0.25, -0.2) is 4.39 Å². The molecule has 1 fully saturated rings. The number of carbonyl (C=O) groups is 1. The standard InChI is InChI=1S/C19H20FNO2/c1-13-3-6-18(20)17(11-13)16-12-15(5-4-14(16)2)19(22)21-7-9-23-10-8-21/h3-6,11-12H,7-10H2,1-2H3. The molecule has 0 radical (unpaired) electrons. The molecule has 1 saturated heterocycles. The van der Waals surface area contributed by atoms with Crippen LogP contribution < -0.4 is 0 Å². The number of carbonyl (C=O) groups excluding carboxylic acids is 1. The maximum atomic E-state index is 14.2. The molecular formula is C19H20FNO2. The molecule has 0 atom stereocenters. The van der Waals surface area contributed by atoms with Crippen molar-refractivity contribution in [1.29, 1.82) is 0 Å². The summed E-state index contributed by atoms with van der Waals surface area (Å²) in [6.45, 7) is 6.19. The minimum Gasteiger partial charge on any atom is -0.378 e. The number of morpholine rings is 1. The molecule has 0 spiro atoms. The Hall–Kier alpha value is -2.20. The predicted octanol–water partition coefficient (Wildman–Crippen LogP) is 3.58. The van der Waals surface area contributed by atoms with Gasteiger partial charge in [-0.1, -0.05) is 17.7 Å². The van der Waals surface area contributed by atoms with Gasteiger partial charge in [0.2, 0.25) is 0 Å². The number of rotatable bonds is 2. The topological polar surface area (TPSA) is 29.5 Å². The van der Waals surface area contributed by atoms with Gasteiger partial charge in [-0.05, 0) is 49.2 Å². The number of hydrogen-bond donors (Lipinski definition) is 0. The zero-order valence-corrected chi connectivity index (χ0v) is 13.4. The third kappa shape index (κ3) is 3.27. The molecule has 120 valence electrons. The largest absolute Gasteiger partial charge is 0.378 e. The molecule has 23 heavy (non-hydrogen) atoms. The van der Waals surface area contributed by atoms with Crippen LogP contribution in [0, 0.1) is 19.7 Å². The lowest BCUT2D eigenvalue weighted by Gasteiger charge is -2.27. The van der Waals surface area contributed by atoms with E-state index in [0.29, 0.717) is 37.4 Å². The molecule has 0 aliphatic carbocycles. The summed E-state index contributed by atoms with van der Waals surface area (Å²) in [6.07, 6.45) is 0. The monoisotopic (exact) mass is 313 g/mol. The Morgan fingerprint density at radius 3 is 2.52 bits per heavy atom. The van der Waals surface area contributed by atoms with Gasteiger partial charge in [-0.15, -0.1) is 0 Å². The zero-order chi connectivity index (χ0) is 16.4. The van der Waals surface area contributed by atoms with E-state index in [0.717, 1.165) is 16.7 Å². The van der Waals surface area contributed by atoms with Crippen LogP contribution >= 0.6 is 0 Å². The van der Waals surface area contributed by atoms with Crippen molar-refractivity contribution in [2.45, 2.75) is 13.8 Å². The normalized spacial score (nSPS) is 14.8. The number of aryl methyl sites for hydroxylation is 2. The fourth-order valence-electron chi connectivity index (χ4n) is 2.84. The van der Waals surface area contributed by atoms with Crippen LogP contribution in [-0.4, -0.2) is 37.1 Å². The van der Waals surface area contributed by atoms with Gasteiger partial charge in [-0.2, -0.15) is 0 Å². The molecule has 1 amide bonds. The molecule has 2 aromatic carbocycles. The van der Waals surface area contributed by atoms with Crippen molar-refractivity contribution < 1.29 is 13.9 Å². The molecule has 3 nitrogen and oxygen atoms in total. The Kier molecular flexibility index (Phi) is 4.44. The fourth-order valence-corrected chi connectivity index (χ4v) is 2.84. The first-order valence-corrected chi connectivity index (χ1v) is 7.80. The lowest BCUT2D eigenvalue weighted by Crippen LogP contribution is -2.40. The third-order valence-electron chi connectivity index (χ3n) is 4.19. The van der Waals surface area contributed by atoms with E-state index < -0.39 is 0 Å². The van der Waals surface area contributed by atoms with E-state index in [-0.39, 0.29) is 11.7 Å². The predicted molar refractivity (Wildman–Crippen MR) is 88.0 cm³/mol. The Morgan fingerprint density at radius 2 is 1.78 bits per heavy atom. The first kappa shape index (κ1) is 15.7. The summed E-state index contributed by atoms with van der Waals surface area (Å²) in [7, 11) is 0. The van der Waals surface area contributed by atoms with Crippen LogP contribution in [0.4, 0.5) is 4.39 Å². The minimum atomic E-state index is -0.269. The van der Waals surface area contributed by atoms with Gasteiger partial charge in [0.05, 0.1) is 13.2 Å². The fraction of sp³-hybridized carbons (Fsp3) is 0.316. The summed E-state index contributed by atoms with van der Waals surface area (Å²) < 4.78 is 19.5. The van der Waals surface area contributed by atoms with E-state index in [4.69, 9.17) is 4.74 Å². The summed E-state index contributed by atoms with van der Waals surface area (Å²) in [6, 6.07) is 10.5. The van der Waals surface area contributed by atoms with Crippen molar-refractivity contribution in [3.63, 3.8) is 0 Å². The minimum absolute atomic E-state index is 0.0254. The lowest BCUT2D eigenvalue weighted by atomic mass is 9.96. The Bertz CT molecular complexity index is 736. The maximum absolute atomic E-state index is 14.2. The molecule has 0 saturated carbocycles. The average molecular weight is 313 g/mol. The van der Waals surface area contributed by atoms with Gasteiger partial charge in [0.15, 0.2) is 0 Å². The molecule has 2 aromatic rings. The van der Waals surface area contributed by atoms with Crippen LogP contribution in [0.15, 0.2) is 36.4 Å². The number of benzene rings is 2. The Morgan fingerprint density at radius 1 is 1.04 bits per heavy atom. The molecule has 0 aromatic heterocycles. The molecule has 1 aliphatic heterocycles. The molecule has 0 N–H and O–H groups in total. The quantitative estimate of drug-likeness (QED) is 0.848. The van der Waals surface area contributed by atoms with Gasteiger partial charge in [-0.3, -0.25) is 4.79 Å². The van der Waals surface area contributed by atoms with Crippen molar-refractivity contribution in [2.75, 3.05) is 26.3 Å². The smallest absolute Gasteiger partial charge is 0.254 e. The second kappa shape index (κ2) is 6.50. The van der Waals surface area contributed by atoms with E-state index >= 15 is 0 Å². The highest BCUT2D eigenvalue weighted by Gasteiger charge is 2.20. The van der Waals surface area contributed by atoms with Crippen LogP contribution in [-0.2, 0) is 4.74 Å². The van der Waals surface area contributed by atoms with Crippen molar-refractivity contribution in [2.24, 2.45) is 0 Å². The van der Waals surface area contributed by atoms with E-state index in [2.05, 4.69) is 0 Å². The first-order valence-electron chi connectivity index (χ1n) is 7.80. The van der Waals surface area contributed by atoms with Crippen LogP contribution in [0.2, 0.25) is 0 Å². The van der Waals surface area contributed by atoms with Crippen molar-refractivity contribution in [3.05, 3.63) is 58.9 Å². The van der Waals surface area contributed by atoms with Crippen LogP contribution in [0.25, 0.3) is 11.1 Å². The van der Waals surface area contributed by atoms with Crippen molar-refractivity contribution in [1.82, 2.24) is 4.90 Å². The van der Waals surface area contributed by atoms with Crippen LogP contribution in [0.3, 0.4) is 0 Å². The van der Waals surface area contributed by atoms with Crippen LogP contribution in [0.5, 0.6) is 0 Å². The highest BCUT2D eigenvalue weighted by molar-refractivity contribution is 5.96. The molecule has 0 bridgehead atoms. The average Bonchev–Trinajstić information content (AvgIpc) is 2.58. The summed E-state index contributed by atoms with van der Waals surface area (Å²) in [4.78, 5) is 14.4. The van der Waals surface area contributed by atoms with Crippen LogP contribution in [0.1, 0.15) is 21.5 Å². The highest BCUT2D eigenvalue weighted by Crippen LogP contribution is 2.28. The van der Waals surface area contributed by atoms with Gasteiger partial charge < -0.3 is 9.64 Å². The van der Waals surface area contributed by atoms with E-state index in [9.17, 15) is 9.18 Å². The summed E-state index contributed by atoms with van der Waals surface area (Å²) in [5, 5.41) is 0. The second-order valence-electron chi connectivity index (χ2n) is 5.92. The van der Waals surface area contributed by atoms with Gasteiger partial charge in [0, 0.05) is 24.2 Å². The van der Waals surface area contributed by atoms with Gasteiger partial charge >= 0.3 is 0 Å². The van der Waals surface area contributed by atoms with Gasteiger partial charge in [0.25, 0.3) is 5.91 Å². The first-order chi connectivity index (χ1) is 11.1. The molecule has 4 heteroatoms. The van der Waals surface area contributed by atoms with E-state index in [1.165, 1.54) is 6.07 Å². The summed E-state index contributed by atoms with van der Waals surface area (Å²) in [5.41, 5.74) is 3.84. The molecular weight excluding hydrogens is 293 g/mol. The molecule has 0 unspecified atom stereocenters. The zero-order valence-electron chi connectivity index (χ0n) is 13.4. The lowest BCUT2D eigenvalue weighted by molar-refractivity contribution is 0.0303. The maximum Gasteiger partial charge on any atom is 0.254 e. The third-order valence-corrected chi connectivity index (χ3v) is 4.19. The van der Waals surface area contributed by atoms with Crippen molar-refractivity contribution >= 4 is 5.91 Å². The number of amides is 1. The van der Waals surface area contributed by atoms with Gasteiger partial charge in [0.1, 0.15) is 5.82 Å². The molecule has 1 heterocycles. The number of halogens is 1. The Balaban J connectivity index is 1.99. The number of nitrogens with zero attached hydrogens (tertiary/aromatic N) is 1. The van der Waals surface area contributed by atoms with E-state index in [1.807, 2.05) is 32.0 Å². The summed E-state index contributed by atoms with van der Waals surface area (Å²) >= 11 is 0. The number of ether oxygens (including phenoxy) is 1. The highest BCUT2D eigenvalue weighted by atomic mass is 19.1. The molecule has 1 aliphatic rings. The SMILES string of the molecule is Cc1ccc(F)c(-c2cc(C(=O)N3CCOCC3)ccc2C)c1. The second-order valence-corrected chi connectivity index (χ2v) is 5.92.